The summed E-state index contributed by atoms with van der Waals surface area (Å²) in [6, 6.07) is 11.8. The van der Waals surface area contributed by atoms with Crippen molar-refractivity contribution in [3.63, 3.8) is 0 Å². The van der Waals surface area contributed by atoms with E-state index in [4.69, 9.17) is 31.1 Å². The molecule has 0 atom stereocenters. The number of fused-ring (bicyclic) bond motifs is 1. The fourth-order valence-corrected chi connectivity index (χ4v) is 2.60. The van der Waals surface area contributed by atoms with E-state index < -0.39 is 5.97 Å². The highest BCUT2D eigenvalue weighted by Gasteiger charge is 2.16. The van der Waals surface area contributed by atoms with Gasteiger partial charge in [-0.25, -0.2) is 4.79 Å². The number of esters is 1. The summed E-state index contributed by atoms with van der Waals surface area (Å²) < 4.78 is 16.5. The monoisotopic (exact) mass is 343 g/mol. The van der Waals surface area contributed by atoms with Crippen LogP contribution in [0.5, 0.6) is 11.5 Å². The third kappa shape index (κ3) is 3.61. The number of carbonyl (C=O) groups is 1. The van der Waals surface area contributed by atoms with E-state index in [1.165, 1.54) is 6.07 Å². The maximum Gasteiger partial charge on any atom is 0.338 e. The summed E-state index contributed by atoms with van der Waals surface area (Å²) in [6.07, 6.45) is 0.782. The quantitative estimate of drug-likeness (QED) is 0.794. The standard InChI is InChI=1S/C18H14ClNO4/c19-15-8-13(9-16-17(15)23-6-2-5-22-16)11-24-18(21)14-4-1-3-12(7-14)10-20/h1,3-4,7-9H,2,5-6,11H2. The fraction of sp³-hybridized carbons (Fsp3) is 0.222. The van der Waals surface area contributed by atoms with Crippen LogP contribution in [0, 0.1) is 11.3 Å². The van der Waals surface area contributed by atoms with Crippen molar-refractivity contribution in [1.82, 2.24) is 0 Å². The summed E-state index contributed by atoms with van der Waals surface area (Å²) in [5.41, 5.74) is 1.44. The molecule has 2 aromatic carbocycles. The highest BCUT2D eigenvalue weighted by atomic mass is 35.5. The van der Waals surface area contributed by atoms with Gasteiger partial charge in [0, 0.05) is 6.42 Å². The first kappa shape index (κ1) is 16.2. The molecule has 2 aromatic rings. The molecule has 0 bridgehead atoms. The van der Waals surface area contributed by atoms with Crippen LogP contribution in [0.1, 0.15) is 27.9 Å². The second kappa shape index (κ2) is 7.24. The van der Waals surface area contributed by atoms with E-state index in [1.54, 1.807) is 30.3 Å². The lowest BCUT2D eigenvalue weighted by Gasteiger charge is -2.12. The van der Waals surface area contributed by atoms with Crippen LogP contribution >= 0.6 is 11.6 Å². The molecule has 122 valence electrons. The zero-order chi connectivity index (χ0) is 16.9. The molecule has 1 heterocycles. The van der Waals surface area contributed by atoms with Gasteiger partial charge >= 0.3 is 5.97 Å². The number of ether oxygens (including phenoxy) is 3. The summed E-state index contributed by atoms with van der Waals surface area (Å²) in [5.74, 6) is 0.568. The van der Waals surface area contributed by atoms with E-state index >= 15 is 0 Å². The van der Waals surface area contributed by atoms with Crippen molar-refractivity contribution in [3.05, 3.63) is 58.1 Å². The molecule has 1 aliphatic rings. The second-order valence-corrected chi connectivity index (χ2v) is 5.63. The number of hydrogen-bond acceptors (Lipinski definition) is 5. The minimum atomic E-state index is -0.504. The molecule has 0 fully saturated rings. The molecule has 0 unspecified atom stereocenters. The first-order chi connectivity index (χ1) is 11.7. The number of rotatable bonds is 3. The van der Waals surface area contributed by atoms with Crippen molar-refractivity contribution >= 4 is 17.6 Å². The molecule has 0 saturated heterocycles. The molecule has 0 spiro atoms. The first-order valence-corrected chi connectivity index (χ1v) is 7.80. The van der Waals surface area contributed by atoms with Crippen molar-refractivity contribution in [3.8, 4) is 17.6 Å². The Hall–Kier alpha value is -2.71. The van der Waals surface area contributed by atoms with Gasteiger partial charge in [-0.15, -0.1) is 0 Å². The second-order valence-electron chi connectivity index (χ2n) is 5.22. The number of nitrogens with zero attached hydrogens (tertiary/aromatic N) is 1. The summed E-state index contributed by atoms with van der Waals surface area (Å²) in [4.78, 5) is 12.1. The van der Waals surface area contributed by atoms with Gasteiger partial charge in [0.15, 0.2) is 11.5 Å². The van der Waals surface area contributed by atoms with Crippen molar-refractivity contribution in [2.45, 2.75) is 13.0 Å². The Morgan fingerprint density at radius 3 is 2.92 bits per heavy atom. The van der Waals surface area contributed by atoms with Gasteiger partial charge in [0.05, 0.1) is 35.4 Å². The van der Waals surface area contributed by atoms with Crippen LogP contribution in [0.25, 0.3) is 0 Å². The smallest absolute Gasteiger partial charge is 0.338 e. The van der Waals surface area contributed by atoms with E-state index in [2.05, 4.69) is 0 Å². The number of halogens is 1. The van der Waals surface area contributed by atoms with Crippen LogP contribution in [-0.4, -0.2) is 19.2 Å². The first-order valence-electron chi connectivity index (χ1n) is 7.42. The van der Waals surface area contributed by atoms with Gasteiger partial charge in [-0.3, -0.25) is 0 Å². The molecular weight excluding hydrogens is 330 g/mol. The summed E-state index contributed by atoms with van der Waals surface area (Å²) in [6.45, 7) is 1.15. The highest BCUT2D eigenvalue weighted by molar-refractivity contribution is 6.32. The Bertz CT molecular complexity index is 813. The third-order valence-electron chi connectivity index (χ3n) is 3.46. The summed E-state index contributed by atoms with van der Waals surface area (Å²) in [5, 5.41) is 9.30. The molecule has 0 N–H and O–H groups in total. The molecule has 0 radical (unpaired) electrons. The topological polar surface area (TPSA) is 68.6 Å². The predicted molar refractivity (Wildman–Crippen MR) is 87.3 cm³/mol. The minimum Gasteiger partial charge on any atom is -0.489 e. The van der Waals surface area contributed by atoms with E-state index in [9.17, 15) is 4.79 Å². The van der Waals surface area contributed by atoms with E-state index in [0.29, 0.717) is 46.4 Å². The van der Waals surface area contributed by atoms with Crippen LogP contribution in [0.4, 0.5) is 0 Å². The van der Waals surface area contributed by atoms with Crippen molar-refractivity contribution < 1.29 is 19.0 Å². The van der Waals surface area contributed by atoms with E-state index in [-0.39, 0.29) is 6.61 Å². The van der Waals surface area contributed by atoms with Gasteiger partial charge in [0.1, 0.15) is 6.61 Å². The summed E-state index contributed by atoms with van der Waals surface area (Å²) in [7, 11) is 0. The van der Waals surface area contributed by atoms with Crippen LogP contribution < -0.4 is 9.47 Å². The van der Waals surface area contributed by atoms with Crippen LogP contribution in [0.15, 0.2) is 36.4 Å². The number of hydrogen-bond donors (Lipinski definition) is 0. The fourth-order valence-electron chi connectivity index (χ4n) is 2.32. The average molecular weight is 344 g/mol. The SMILES string of the molecule is N#Cc1cccc(C(=O)OCc2cc(Cl)c3c(c2)OCCCO3)c1. The minimum absolute atomic E-state index is 0.0476. The van der Waals surface area contributed by atoms with E-state index in [1.807, 2.05) is 6.07 Å². The summed E-state index contributed by atoms with van der Waals surface area (Å²) >= 11 is 6.21. The zero-order valence-corrected chi connectivity index (χ0v) is 13.5. The molecule has 0 saturated carbocycles. The Morgan fingerprint density at radius 1 is 1.25 bits per heavy atom. The largest absolute Gasteiger partial charge is 0.489 e. The van der Waals surface area contributed by atoms with Crippen molar-refractivity contribution in [2.75, 3.05) is 13.2 Å². The zero-order valence-electron chi connectivity index (χ0n) is 12.8. The Kier molecular flexibility index (Phi) is 4.88. The van der Waals surface area contributed by atoms with Crippen LogP contribution in [-0.2, 0) is 11.3 Å². The Morgan fingerprint density at radius 2 is 2.08 bits per heavy atom. The highest BCUT2D eigenvalue weighted by Crippen LogP contribution is 2.38. The molecule has 24 heavy (non-hydrogen) atoms. The van der Waals surface area contributed by atoms with Gasteiger partial charge in [0.2, 0.25) is 0 Å². The number of benzene rings is 2. The third-order valence-corrected chi connectivity index (χ3v) is 3.74. The average Bonchev–Trinajstić information content (AvgIpc) is 2.85. The van der Waals surface area contributed by atoms with Gasteiger partial charge in [0.25, 0.3) is 0 Å². The lowest BCUT2D eigenvalue weighted by molar-refractivity contribution is 0.0472. The molecule has 0 aliphatic carbocycles. The predicted octanol–water partition coefficient (Wildman–Crippen LogP) is 3.73. The lowest BCUT2D eigenvalue weighted by atomic mass is 10.1. The van der Waals surface area contributed by atoms with Gasteiger partial charge in [-0.05, 0) is 35.9 Å². The number of nitriles is 1. The van der Waals surface area contributed by atoms with Crippen molar-refractivity contribution in [2.24, 2.45) is 0 Å². The molecule has 1 aliphatic heterocycles. The van der Waals surface area contributed by atoms with Gasteiger partial charge in [-0.1, -0.05) is 17.7 Å². The van der Waals surface area contributed by atoms with Crippen molar-refractivity contribution in [1.29, 1.82) is 5.26 Å². The maximum atomic E-state index is 12.1. The lowest BCUT2D eigenvalue weighted by Crippen LogP contribution is -2.06. The molecule has 0 aromatic heterocycles. The maximum absolute atomic E-state index is 12.1. The van der Waals surface area contributed by atoms with Gasteiger partial charge in [-0.2, -0.15) is 5.26 Å². The molecule has 0 amide bonds. The van der Waals surface area contributed by atoms with E-state index in [0.717, 1.165) is 6.42 Å². The molecule has 6 heteroatoms. The van der Waals surface area contributed by atoms with Gasteiger partial charge < -0.3 is 14.2 Å². The van der Waals surface area contributed by atoms with Crippen LogP contribution in [0.3, 0.4) is 0 Å². The Labute approximate surface area is 144 Å². The normalized spacial score (nSPS) is 12.8. The Balaban J connectivity index is 1.72. The molecule has 3 rings (SSSR count). The van der Waals surface area contributed by atoms with Crippen LogP contribution in [0.2, 0.25) is 5.02 Å². The molecule has 5 nitrogen and oxygen atoms in total. The molecular formula is C18H14ClNO4. The number of carbonyl (C=O) groups excluding carboxylic acids is 1.